The second-order valence-electron chi connectivity index (χ2n) is 29.5. The summed E-state index contributed by atoms with van der Waals surface area (Å²) in [5, 5.41) is 35.0. The summed E-state index contributed by atoms with van der Waals surface area (Å²) in [5.41, 5.74) is 4.35. The number of allylic oxidation sites excluding steroid dienone is 4. The smallest absolute Gasteiger partial charge is 0.504 e. The molecule has 10 aliphatic rings. The van der Waals surface area contributed by atoms with Gasteiger partial charge in [0.25, 0.3) is 0 Å². The number of carbonyl (C=O) groups is 2. The van der Waals surface area contributed by atoms with Gasteiger partial charge in [0.05, 0.1) is 28.6 Å². The van der Waals surface area contributed by atoms with E-state index in [4.69, 9.17) is 23.7 Å². The lowest BCUT2D eigenvalue weighted by Crippen LogP contribution is -2.75. The largest absolute Gasteiger partial charge is 0.509 e. The molecule has 93 heavy (non-hydrogen) atoms. The van der Waals surface area contributed by atoms with Crippen LogP contribution in [0, 0.1) is 11.8 Å². The van der Waals surface area contributed by atoms with Gasteiger partial charge in [-0.1, -0.05) is 160 Å². The summed E-state index contributed by atoms with van der Waals surface area (Å²) in [6.07, 6.45) is 51.8. The van der Waals surface area contributed by atoms with Crippen molar-refractivity contribution in [2.75, 3.05) is 44.2 Å². The van der Waals surface area contributed by atoms with Gasteiger partial charge < -0.3 is 43.7 Å². The summed E-state index contributed by atoms with van der Waals surface area (Å²) in [7, 11) is 0. The normalized spacial score (nSPS) is 27.5. The Bertz CT molecular complexity index is 2850. The summed E-state index contributed by atoms with van der Waals surface area (Å²) in [6, 6.07) is 8.20. The quantitative estimate of drug-likeness (QED) is 0.0147. The molecule has 8 atom stereocenters. The zero-order valence-corrected chi connectivity index (χ0v) is 59.4. The van der Waals surface area contributed by atoms with Crippen molar-refractivity contribution in [3.05, 3.63) is 95.1 Å². The summed E-state index contributed by atoms with van der Waals surface area (Å²) >= 11 is 1.98. The highest BCUT2D eigenvalue weighted by atomic mass is 127. The Morgan fingerprint density at radius 2 is 1.03 bits per heavy atom. The molecule has 3 N–H and O–H groups in total. The van der Waals surface area contributed by atoms with E-state index in [2.05, 4.69) is 71.9 Å². The number of alkyl halides is 1. The highest BCUT2D eigenvalue weighted by Gasteiger charge is 2.73. The van der Waals surface area contributed by atoms with Crippen LogP contribution in [0.1, 0.15) is 267 Å². The second kappa shape index (κ2) is 34.4. The molecule has 2 aromatic rings. The van der Waals surface area contributed by atoms with E-state index in [-0.39, 0.29) is 42.8 Å². The van der Waals surface area contributed by atoms with Crippen molar-refractivity contribution in [3.63, 3.8) is 0 Å². The molecule has 13 nitrogen and oxygen atoms in total. The Kier molecular flexibility index (Phi) is 26.5. The number of phenolic OH excluding ortho intramolecular Hbond substituents is 1. The average molecular weight is 1400 g/mol. The molecule has 2 spiro atoms. The van der Waals surface area contributed by atoms with E-state index in [1.165, 1.54) is 165 Å². The zero-order chi connectivity index (χ0) is 65.3. The number of nitrogens with zero attached hydrogens (tertiary/aromatic N) is 2. The minimum atomic E-state index is -0.834. The second-order valence-corrected chi connectivity index (χ2v) is 30.1. The molecule has 0 aromatic heterocycles. The van der Waals surface area contributed by atoms with E-state index in [0.29, 0.717) is 29.1 Å². The Hall–Kier alpha value is -4.09. The number of phenols is 1. The van der Waals surface area contributed by atoms with Gasteiger partial charge in [0.15, 0.2) is 23.0 Å². The van der Waals surface area contributed by atoms with Crippen LogP contribution in [0.4, 0.5) is 4.79 Å². The molecule has 14 heteroatoms. The van der Waals surface area contributed by atoms with Crippen molar-refractivity contribution < 1.29 is 53.3 Å². The molecule has 4 aliphatic heterocycles. The van der Waals surface area contributed by atoms with Crippen molar-refractivity contribution in [3.8, 4) is 23.0 Å². The Morgan fingerprint density at radius 3 is 1.53 bits per heavy atom. The summed E-state index contributed by atoms with van der Waals surface area (Å²) in [4.78, 5) is 28.5. The zero-order valence-electron chi connectivity index (χ0n) is 57.2. The van der Waals surface area contributed by atoms with Gasteiger partial charge in [-0.15, -0.1) is 0 Å². The van der Waals surface area contributed by atoms with Gasteiger partial charge in [-0.25, -0.2) is 4.79 Å². The van der Waals surface area contributed by atoms with Crippen molar-refractivity contribution in [1.29, 1.82) is 0 Å². The molecule has 0 amide bonds. The number of aliphatic hydroxyl groups is 2. The maximum atomic E-state index is 12.5. The van der Waals surface area contributed by atoms with E-state index >= 15 is 0 Å². The number of ether oxygens (including phenoxy) is 6. The van der Waals surface area contributed by atoms with Crippen molar-refractivity contribution in [1.82, 2.24) is 9.80 Å². The van der Waals surface area contributed by atoms with Crippen LogP contribution in [-0.4, -0.2) is 117 Å². The van der Waals surface area contributed by atoms with E-state index < -0.39 is 28.2 Å². The molecule has 4 bridgehead atoms. The lowest BCUT2D eigenvalue weighted by atomic mass is 9.48. The van der Waals surface area contributed by atoms with Crippen LogP contribution in [0.15, 0.2) is 72.9 Å². The topological polar surface area (TPSA) is 157 Å². The Labute approximate surface area is 572 Å². The number of aromatic hydroxyl groups is 1. The number of hydrogen-bond donors (Lipinski definition) is 3. The molecule has 2 saturated heterocycles. The first-order valence-electron chi connectivity index (χ1n) is 37.4. The molecular formula is C79H117IN2O11. The average Bonchev–Trinajstić information content (AvgIpc) is 1.58. The molecule has 0 radical (unpaired) electrons. The van der Waals surface area contributed by atoms with E-state index in [0.717, 1.165) is 150 Å². The summed E-state index contributed by atoms with van der Waals surface area (Å²) in [6.45, 7) is 17.8. The van der Waals surface area contributed by atoms with Crippen LogP contribution >= 0.6 is 22.6 Å². The van der Waals surface area contributed by atoms with Gasteiger partial charge in [-0.05, 0) is 223 Å². The van der Waals surface area contributed by atoms with Gasteiger partial charge in [-0.3, -0.25) is 14.6 Å². The maximum Gasteiger partial charge on any atom is 0.509 e. The molecule has 2 aromatic carbocycles. The SMILES string of the molecule is C=C1CC[C@@]2(O)C3Cc4ccc(O)c5c4[C@@]2(CCN3CC2CC2)[C@H]1O5.C=C1CC[C@@]2(O)C3Cc4ccc(OCOC(=O)CCCCCCC/C=C/CCCCCCCC)c5c4[C@@]2(CCN3CC2CC2)[C@H]1O5.CCCCCCCC/C=C/CCCCCCOC(=O)OCI. The lowest BCUT2D eigenvalue weighted by molar-refractivity contribution is -0.174. The van der Waals surface area contributed by atoms with Gasteiger partial charge in [0, 0.05) is 42.7 Å². The fourth-order valence-electron chi connectivity index (χ4n) is 17.7. The lowest BCUT2D eigenvalue weighted by Gasteiger charge is -2.63. The Morgan fingerprint density at radius 1 is 0.581 bits per heavy atom. The minimum Gasteiger partial charge on any atom is -0.504 e. The van der Waals surface area contributed by atoms with Crippen LogP contribution in [-0.2, 0) is 42.7 Å². The van der Waals surface area contributed by atoms with Gasteiger partial charge in [0.1, 0.15) is 16.8 Å². The number of hydrogen-bond acceptors (Lipinski definition) is 13. The molecule has 6 fully saturated rings. The number of piperidine rings is 2. The number of carbonyl (C=O) groups excluding carboxylic acids is 2. The van der Waals surface area contributed by atoms with E-state index in [9.17, 15) is 24.9 Å². The molecule has 516 valence electrons. The van der Waals surface area contributed by atoms with Crippen LogP contribution in [0.2, 0.25) is 0 Å². The number of esters is 1. The van der Waals surface area contributed by atoms with Crippen molar-refractivity contribution in [2.45, 2.75) is 304 Å². The first kappa shape index (κ1) is 71.7. The summed E-state index contributed by atoms with van der Waals surface area (Å²) < 4.78 is 34.5. The molecule has 4 heterocycles. The van der Waals surface area contributed by atoms with Crippen LogP contribution in [0.3, 0.4) is 0 Å². The van der Waals surface area contributed by atoms with Crippen LogP contribution in [0.5, 0.6) is 23.0 Å². The molecule has 6 aliphatic carbocycles. The number of rotatable bonds is 37. The number of likely N-dealkylation sites (tertiary alicyclic amines) is 2. The van der Waals surface area contributed by atoms with Crippen molar-refractivity contribution >= 4 is 34.7 Å². The van der Waals surface area contributed by atoms with E-state index in [1.54, 1.807) is 6.07 Å². The number of unbranched alkanes of at least 4 members (excludes halogenated alkanes) is 21. The van der Waals surface area contributed by atoms with Crippen molar-refractivity contribution in [2.24, 2.45) is 11.8 Å². The molecule has 12 rings (SSSR count). The Balaban J connectivity index is 0.000000169. The number of halogens is 1. The predicted molar refractivity (Wildman–Crippen MR) is 379 cm³/mol. The molecule has 2 unspecified atom stereocenters. The monoisotopic (exact) mass is 1400 g/mol. The standard InChI is InChI=1S/C40H59NO5.C21H25NO3.C18H33IO3/c1-3-4-5-6-7-8-9-10-11-12-13-14-15-16-17-18-35(42)45-29-44-33-22-21-32-27-34-40(43)24-23-30(2)38-39(40,36(32)37(33)46-38)25-26-41(34)28-31-19-20-31;1-12-6-7-21(24)16-10-14-4-5-15(23)18-17(14)20(21,19(12)25-18)8-9-22(16)11-13-2-3-13;1-2-3-4-5-6-7-8-9-10-11-12-13-14-15-16-21-18(20)22-17-19/h10-11,21-22,31,34,38,43H,2-9,12-20,23-29H2,1H3;4-5,13,16,19,23-24H,1-3,6-11H2;9-10H,2-8,11-17H2,1H3/b11-10+;;10-9+/t34?,38-,39-,40+;16?,19-,20-,21+;/m00./s1. The predicted octanol–water partition coefficient (Wildman–Crippen LogP) is 18.0. The fraction of sp³-hybridized carbons (Fsp3) is 0.722. The highest BCUT2D eigenvalue weighted by molar-refractivity contribution is 14.1. The fourth-order valence-corrected chi connectivity index (χ4v) is 18.0. The first-order chi connectivity index (χ1) is 45.3. The third-order valence-corrected chi connectivity index (χ3v) is 23.3. The third-order valence-electron chi connectivity index (χ3n) is 23.0. The molecular weight excluding hydrogens is 1280 g/mol. The minimum absolute atomic E-state index is 0.115. The first-order valence-corrected chi connectivity index (χ1v) is 38.9. The highest BCUT2D eigenvalue weighted by Crippen LogP contribution is 2.68. The molecule has 4 saturated carbocycles. The summed E-state index contributed by atoms with van der Waals surface area (Å²) in [5.74, 6) is 3.54. The van der Waals surface area contributed by atoms with Crippen LogP contribution in [0.25, 0.3) is 0 Å². The third kappa shape index (κ3) is 16.7. The van der Waals surface area contributed by atoms with Gasteiger partial charge in [-0.2, -0.15) is 0 Å². The van der Waals surface area contributed by atoms with Crippen LogP contribution < -0.4 is 14.2 Å². The van der Waals surface area contributed by atoms with E-state index in [1.807, 2.05) is 34.7 Å². The van der Waals surface area contributed by atoms with Gasteiger partial charge in [0.2, 0.25) is 6.79 Å². The maximum absolute atomic E-state index is 12.5. The number of benzene rings is 2. The van der Waals surface area contributed by atoms with Gasteiger partial charge >= 0.3 is 12.1 Å².